The van der Waals surface area contributed by atoms with E-state index in [-0.39, 0.29) is 12.7 Å². The summed E-state index contributed by atoms with van der Waals surface area (Å²) in [6.07, 6.45) is 4.97. The first-order chi connectivity index (χ1) is 10.7. The lowest BCUT2D eigenvalue weighted by atomic mass is 10.2. The van der Waals surface area contributed by atoms with E-state index in [2.05, 4.69) is 18.8 Å². The van der Waals surface area contributed by atoms with Crippen LogP contribution in [-0.2, 0) is 11.3 Å². The van der Waals surface area contributed by atoms with E-state index >= 15 is 0 Å². The van der Waals surface area contributed by atoms with Crippen LogP contribution in [0.15, 0.2) is 48.8 Å². The van der Waals surface area contributed by atoms with Crippen molar-refractivity contribution in [1.82, 2.24) is 4.98 Å². The van der Waals surface area contributed by atoms with Gasteiger partial charge in [-0.25, -0.2) is 4.79 Å². The van der Waals surface area contributed by atoms with Crippen molar-refractivity contribution < 1.29 is 14.3 Å². The molecule has 0 N–H and O–H groups in total. The second kappa shape index (κ2) is 8.17. The largest absolute Gasteiger partial charge is 0.489 e. The average Bonchev–Trinajstić information content (AvgIpc) is 2.58. The number of hydrogen-bond donors (Lipinski definition) is 0. The minimum atomic E-state index is -0.419. The molecule has 4 heteroatoms. The standard InChI is InChI=1S/C18H21NO3/c1-3-15(4-2)22-17-10-11-19-12-16(17)18(20)21-13-14-8-6-5-7-9-14/h5-12,15H,3-4,13H2,1-2H3. The predicted octanol–water partition coefficient (Wildman–Crippen LogP) is 4.01. The number of carbonyl (C=O) groups is 1. The summed E-state index contributed by atoms with van der Waals surface area (Å²) in [5, 5.41) is 0. The quantitative estimate of drug-likeness (QED) is 0.725. The summed E-state index contributed by atoms with van der Waals surface area (Å²) in [6, 6.07) is 11.3. The maximum atomic E-state index is 12.3. The summed E-state index contributed by atoms with van der Waals surface area (Å²) >= 11 is 0. The Bertz CT molecular complexity index is 594. The maximum absolute atomic E-state index is 12.3. The monoisotopic (exact) mass is 299 g/mol. The van der Waals surface area contributed by atoms with Crippen molar-refractivity contribution in [3.63, 3.8) is 0 Å². The Morgan fingerprint density at radius 2 is 1.86 bits per heavy atom. The minimum absolute atomic E-state index is 0.0862. The SMILES string of the molecule is CCC(CC)Oc1ccncc1C(=O)OCc1ccccc1. The van der Waals surface area contributed by atoms with Gasteiger partial charge in [0.2, 0.25) is 0 Å². The number of nitrogens with zero attached hydrogens (tertiary/aromatic N) is 1. The van der Waals surface area contributed by atoms with E-state index in [1.165, 1.54) is 6.20 Å². The van der Waals surface area contributed by atoms with Crippen molar-refractivity contribution in [3.8, 4) is 5.75 Å². The van der Waals surface area contributed by atoms with Crippen LogP contribution in [0.5, 0.6) is 5.75 Å². The predicted molar refractivity (Wildman–Crippen MR) is 84.8 cm³/mol. The van der Waals surface area contributed by atoms with Crippen molar-refractivity contribution in [3.05, 3.63) is 59.9 Å². The molecule has 1 aromatic carbocycles. The van der Waals surface area contributed by atoms with Gasteiger partial charge in [0.05, 0.1) is 6.10 Å². The third kappa shape index (κ3) is 4.32. The molecule has 0 fully saturated rings. The Hall–Kier alpha value is -2.36. The Kier molecular flexibility index (Phi) is 5.95. The smallest absolute Gasteiger partial charge is 0.343 e. The van der Waals surface area contributed by atoms with Gasteiger partial charge in [0.15, 0.2) is 0 Å². The van der Waals surface area contributed by atoms with Crippen molar-refractivity contribution in [2.24, 2.45) is 0 Å². The van der Waals surface area contributed by atoms with Gasteiger partial charge >= 0.3 is 5.97 Å². The molecule has 0 aliphatic carbocycles. The lowest BCUT2D eigenvalue weighted by Gasteiger charge is -2.17. The van der Waals surface area contributed by atoms with E-state index < -0.39 is 5.97 Å². The van der Waals surface area contributed by atoms with Crippen LogP contribution < -0.4 is 4.74 Å². The van der Waals surface area contributed by atoms with Crippen LogP contribution in [0, 0.1) is 0 Å². The molecule has 0 saturated heterocycles. The second-order valence-electron chi connectivity index (χ2n) is 4.99. The van der Waals surface area contributed by atoms with Gasteiger partial charge < -0.3 is 9.47 Å². The number of rotatable bonds is 7. The van der Waals surface area contributed by atoms with E-state index in [1.54, 1.807) is 12.3 Å². The van der Waals surface area contributed by atoms with Gasteiger partial charge in [-0.3, -0.25) is 4.98 Å². The van der Waals surface area contributed by atoms with Crippen molar-refractivity contribution in [2.75, 3.05) is 0 Å². The molecule has 116 valence electrons. The number of aromatic nitrogens is 1. The highest BCUT2D eigenvalue weighted by atomic mass is 16.5. The van der Waals surface area contributed by atoms with Crippen molar-refractivity contribution in [1.29, 1.82) is 0 Å². The third-order valence-electron chi connectivity index (χ3n) is 3.42. The molecule has 1 aromatic heterocycles. The van der Waals surface area contributed by atoms with Crippen LogP contribution in [0.2, 0.25) is 0 Å². The number of carbonyl (C=O) groups excluding carboxylic acids is 1. The van der Waals surface area contributed by atoms with Crippen LogP contribution in [0.4, 0.5) is 0 Å². The van der Waals surface area contributed by atoms with Crippen LogP contribution in [0.25, 0.3) is 0 Å². The molecule has 4 nitrogen and oxygen atoms in total. The molecule has 0 bridgehead atoms. The van der Waals surface area contributed by atoms with Gasteiger partial charge in [0, 0.05) is 12.4 Å². The van der Waals surface area contributed by atoms with Crippen LogP contribution in [-0.4, -0.2) is 17.1 Å². The molecule has 1 heterocycles. The fraction of sp³-hybridized carbons (Fsp3) is 0.333. The van der Waals surface area contributed by atoms with Gasteiger partial charge in [-0.15, -0.1) is 0 Å². The third-order valence-corrected chi connectivity index (χ3v) is 3.42. The van der Waals surface area contributed by atoms with Crippen molar-refractivity contribution in [2.45, 2.75) is 39.4 Å². The molecule has 0 radical (unpaired) electrons. The molecule has 0 aliphatic heterocycles. The Balaban J connectivity index is 2.06. The van der Waals surface area contributed by atoms with Gasteiger partial charge in [0.1, 0.15) is 17.9 Å². The molecule has 0 spiro atoms. The zero-order chi connectivity index (χ0) is 15.8. The van der Waals surface area contributed by atoms with Crippen LogP contribution >= 0.6 is 0 Å². The van der Waals surface area contributed by atoms with Crippen LogP contribution in [0.3, 0.4) is 0 Å². The maximum Gasteiger partial charge on any atom is 0.343 e. The lowest BCUT2D eigenvalue weighted by molar-refractivity contribution is 0.0464. The highest BCUT2D eigenvalue weighted by Gasteiger charge is 2.16. The zero-order valence-corrected chi connectivity index (χ0v) is 13.0. The summed E-state index contributed by atoms with van der Waals surface area (Å²) in [7, 11) is 0. The molecule has 2 rings (SSSR count). The summed E-state index contributed by atoms with van der Waals surface area (Å²) in [4.78, 5) is 16.3. The van der Waals surface area contributed by atoms with Gasteiger partial charge in [0.25, 0.3) is 0 Å². The zero-order valence-electron chi connectivity index (χ0n) is 13.0. The summed E-state index contributed by atoms with van der Waals surface area (Å²) in [5.74, 6) is 0.111. The first-order valence-electron chi connectivity index (χ1n) is 7.56. The average molecular weight is 299 g/mol. The topological polar surface area (TPSA) is 48.4 Å². The second-order valence-corrected chi connectivity index (χ2v) is 4.99. The Morgan fingerprint density at radius 3 is 2.55 bits per heavy atom. The summed E-state index contributed by atoms with van der Waals surface area (Å²) in [6.45, 7) is 4.35. The van der Waals surface area contributed by atoms with E-state index in [1.807, 2.05) is 30.3 Å². The highest BCUT2D eigenvalue weighted by molar-refractivity contribution is 5.92. The number of ether oxygens (including phenoxy) is 2. The minimum Gasteiger partial charge on any atom is -0.489 e. The number of esters is 1. The normalized spacial score (nSPS) is 10.5. The fourth-order valence-corrected chi connectivity index (χ4v) is 2.07. The van der Waals surface area contributed by atoms with Gasteiger partial charge in [-0.1, -0.05) is 44.2 Å². The lowest BCUT2D eigenvalue weighted by Crippen LogP contribution is -2.16. The van der Waals surface area contributed by atoms with E-state index in [0.717, 1.165) is 18.4 Å². The van der Waals surface area contributed by atoms with Gasteiger partial charge in [-0.05, 0) is 24.5 Å². The first-order valence-corrected chi connectivity index (χ1v) is 7.56. The summed E-state index contributed by atoms with van der Waals surface area (Å²) in [5.41, 5.74) is 1.31. The Morgan fingerprint density at radius 1 is 1.14 bits per heavy atom. The fourth-order valence-electron chi connectivity index (χ4n) is 2.07. The van der Waals surface area contributed by atoms with E-state index in [4.69, 9.17) is 9.47 Å². The molecule has 0 saturated carbocycles. The van der Waals surface area contributed by atoms with Crippen LogP contribution in [0.1, 0.15) is 42.6 Å². The first kappa shape index (κ1) is 16.0. The molecule has 0 atom stereocenters. The molecule has 0 amide bonds. The number of hydrogen-bond acceptors (Lipinski definition) is 4. The number of pyridine rings is 1. The van der Waals surface area contributed by atoms with Crippen molar-refractivity contribution >= 4 is 5.97 Å². The highest BCUT2D eigenvalue weighted by Crippen LogP contribution is 2.21. The molecule has 2 aromatic rings. The van der Waals surface area contributed by atoms with E-state index in [9.17, 15) is 4.79 Å². The molecule has 0 aliphatic rings. The summed E-state index contributed by atoms with van der Waals surface area (Å²) < 4.78 is 11.2. The molecule has 0 unspecified atom stereocenters. The Labute approximate surface area is 131 Å². The van der Waals surface area contributed by atoms with Gasteiger partial charge in [-0.2, -0.15) is 0 Å². The molecular formula is C18H21NO3. The van der Waals surface area contributed by atoms with E-state index in [0.29, 0.717) is 11.3 Å². The number of benzene rings is 1. The molecule has 22 heavy (non-hydrogen) atoms. The molecular weight excluding hydrogens is 278 g/mol.